The van der Waals surface area contributed by atoms with Gasteiger partial charge in [-0.2, -0.15) is 4.37 Å². The lowest BCUT2D eigenvalue weighted by molar-refractivity contribution is 0.0994. The molecule has 1 aromatic carbocycles. The van der Waals surface area contributed by atoms with Crippen LogP contribution in [0.3, 0.4) is 0 Å². The lowest BCUT2D eigenvalue weighted by Gasteiger charge is -2.17. The molecule has 2 aromatic rings. The third-order valence-corrected chi connectivity index (χ3v) is 6.32. The number of carbonyl (C=O) groups is 2. The van der Waals surface area contributed by atoms with Crippen molar-refractivity contribution in [2.45, 2.75) is 44.8 Å². The highest BCUT2D eigenvalue weighted by atomic mass is 32.1. The Hall–Kier alpha value is -2.83. The van der Waals surface area contributed by atoms with E-state index in [9.17, 15) is 23.5 Å². The number of nitrogens with two attached hydrogens (primary N) is 1. The van der Waals surface area contributed by atoms with Crippen molar-refractivity contribution in [1.29, 1.82) is 0 Å². The summed E-state index contributed by atoms with van der Waals surface area (Å²) in [6, 6.07) is 2.80. The van der Waals surface area contributed by atoms with E-state index in [0.29, 0.717) is 12.8 Å². The number of urea groups is 1. The predicted molar refractivity (Wildman–Crippen MR) is 124 cm³/mol. The molecule has 1 aromatic heterocycles. The molecular formula is C22H29F2N5O4S. The van der Waals surface area contributed by atoms with Crippen LogP contribution in [-0.4, -0.2) is 58.6 Å². The minimum absolute atomic E-state index is 0.0378. The largest absolute Gasteiger partial charge is 0.468 e. The Labute approximate surface area is 200 Å². The summed E-state index contributed by atoms with van der Waals surface area (Å²) in [6.07, 6.45) is 1.75. The number of rotatable bonds is 11. The van der Waals surface area contributed by atoms with Gasteiger partial charge in [0.05, 0.1) is 11.7 Å². The third kappa shape index (κ3) is 6.84. The van der Waals surface area contributed by atoms with Crippen molar-refractivity contribution in [3.63, 3.8) is 0 Å². The van der Waals surface area contributed by atoms with Crippen LogP contribution in [0.4, 0.5) is 18.6 Å². The first kappa shape index (κ1) is 25.8. The highest BCUT2D eigenvalue weighted by Gasteiger charge is 2.26. The van der Waals surface area contributed by atoms with Crippen LogP contribution in [0.2, 0.25) is 0 Å². The van der Waals surface area contributed by atoms with Gasteiger partial charge in [-0.3, -0.25) is 10.1 Å². The van der Waals surface area contributed by atoms with Crippen LogP contribution in [0.15, 0.2) is 18.2 Å². The van der Waals surface area contributed by atoms with Crippen LogP contribution in [0.1, 0.15) is 54.6 Å². The quantitative estimate of drug-likeness (QED) is 0.378. The van der Waals surface area contributed by atoms with Gasteiger partial charge in [0.1, 0.15) is 28.3 Å². The van der Waals surface area contributed by atoms with Crippen LogP contribution in [0, 0.1) is 11.6 Å². The molecule has 1 saturated heterocycles. The van der Waals surface area contributed by atoms with Crippen molar-refractivity contribution in [2.75, 3.05) is 31.5 Å². The molecule has 0 saturated carbocycles. The third-order valence-electron chi connectivity index (χ3n) is 5.57. The van der Waals surface area contributed by atoms with E-state index in [-0.39, 0.29) is 28.6 Å². The Kier molecular flexibility index (Phi) is 9.13. The first-order valence-electron chi connectivity index (χ1n) is 11.1. The average molecular weight is 498 g/mol. The number of ether oxygens (including phenoxy) is 1. The minimum Gasteiger partial charge on any atom is -0.468 e. The summed E-state index contributed by atoms with van der Waals surface area (Å²) >= 11 is 0.750. The van der Waals surface area contributed by atoms with E-state index < -0.39 is 35.8 Å². The number of carbonyl (C=O) groups excluding carboxylic acids is 2. The summed E-state index contributed by atoms with van der Waals surface area (Å²) in [5, 5.41) is 15.2. The molecule has 3 amide bonds. The Morgan fingerprint density at radius 3 is 2.59 bits per heavy atom. The highest BCUT2D eigenvalue weighted by molar-refractivity contribution is 7.11. The standard InChI is InChI=1S/C22H29F2N5O4S/c1-13(17-15(23)5-4-6-16(17)24)33-20-18(19(25)31)21(34-28-20)27-22(32)26-9-7-14(30)8-12-29-10-2-3-11-29/h4-6,13-14,30H,2-3,7-12H2,1H3,(H2,25,31)(H2,26,27,32). The first-order valence-corrected chi connectivity index (χ1v) is 11.9. The Bertz CT molecular complexity index is 979. The molecular weight excluding hydrogens is 468 g/mol. The molecule has 0 aliphatic carbocycles. The number of anilines is 1. The molecule has 3 rings (SSSR count). The second-order valence-corrected chi connectivity index (χ2v) is 8.89. The SMILES string of the molecule is CC(Oc1nsc(NC(=O)NCCC(O)CCN2CCCC2)c1C(N)=O)c1c(F)cccc1F. The van der Waals surface area contributed by atoms with Gasteiger partial charge in [0, 0.05) is 13.1 Å². The molecule has 0 bridgehead atoms. The fourth-order valence-corrected chi connectivity index (χ4v) is 4.49. The summed E-state index contributed by atoms with van der Waals surface area (Å²) in [5.74, 6) is -2.76. The topological polar surface area (TPSA) is 130 Å². The van der Waals surface area contributed by atoms with Gasteiger partial charge in [-0.15, -0.1) is 0 Å². The number of aliphatic hydroxyl groups excluding tert-OH is 1. The van der Waals surface area contributed by atoms with E-state index in [2.05, 4.69) is 19.9 Å². The number of aliphatic hydroxyl groups is 1. The minimum atomic E-state index is -1.11. The number of nitrogens with zero attached hydrogens (tertiary/aromatic N) is 2. The fraction of sp³-hybridized carbons (Fsp3) is 0.500. The van der Waals surface area contributed by atoms with Crippen LogP contribution in [-0.2, 0) is 0 Å². The molecule has 0 radical (unpaired) electrons. The van der Waals surface area contributed by atoms with Crippen LogP contribution in [0.5, 0.6) is 5.88 Å². The predicted octanol–water partition coefficient (Wildman–Crippen LogP) is 3.02. The van der Waals surface area contributed by atoms with E-state index in [1.54, 1.807) is 0 Å². The van der Waals surface area contributed by atoms with Gasteiger partial charge < -0.3 is 25.8 Å². The summed E-state index contributed by atoms with van der Waals surface area (Å²) in [4.78, 5) is 26.5. The van der Waals surface area contributed by atoms with Crippen molar-refractivity contribution in [1.82, 2.24) is 14.6 Å². The van der Waals surface area contributed by atoms with Crippen molar-refractivity contribution >= 4 is 28.5 Å². The zero-order valence-electron chi connectivity index (χ0n) is 18.9. The van der Waals surface area contributed by atoms with Crippen LogP contribution in [0.25, 0.3) is 0 Å². The number of nitrogens with one attached hydrogen (secondary N) is 2. The Balaban J connectivity index is 1.53. The number of hydrogen-bond acceptors (Lipinski definition) is 7. The van der Waals surface area contributed by atoms with Gasteiger partial charge in [0.2, 0.25) is 5.88 Å². The number of likely N-dealkylation sites (tertiary alicyclic amines) is 1. The van der Waals surface area contributed by atoms with Crippen LogP contribution >= 0.6 is 11.5 Å². The zero-order valence-corrected chi connectivity index (χ0v) is 19.7. The van der Waals surface area contributed by atoms with Gasteiger partial charge in [0.25, 0.3) is 5.91 Å². The number of hydrogen-bond donors (Lipinski definition) is 4. The lowest BCUT2D eigenvalue weighted by atomic mass is 10.1. The maximum atomic E-state index is 14.0. The molecule has 9 nitrogen and oxygen atoms in total. The Morgan fingerprint density at radius 1 is 1.26 bits per heavy atom. The molecule has 2 atom stereocenters. The monoisotopic (exact) mass is 497 g/mol. The van der Waals surface area contributed by atoms with Gasteiger partial charge >= 0.3 is 6.03 Å². The van der Waals surface area contributed by atoms with E-state index in [1.165, 1.54) is 25.8 Å². The lowest BCUT2D eigenvalue weighted by Crippen LogP contribution is -2.32. The van der Waals surface area contributed by atoms with Crippen molar-refractivity contribution < 1.29 is 28.2 Å². The number of primary amides is 1. The first-order chi connectivity index (χ1) is 16.3. The van der Waals surface area contributed by atoms with Gasteiger partial charge in [-0.05, 0) is 69.4 Å². The van der Waals surface area contributed by atoms with E-state index in [0.717, 1.165) is 43.3 Å². The maximum absolute atomic E-state index is 14.0. The molecule has 1 fully saturated rings. The molecule has 1 aliphatic heterocycles. The summed E-state index contributed by atoms with van der Waals surface area (Å²) in [7, 11) is 0. The number of aromatic nitrogens is 1. The van der Waals surface area contributed by atoms with Crippen molar-refractivity contribution in [3.05, 3.63) is 41.0 Å². The molecule has 1 aliphatic rings. The highest BCUT2D eigenvalue weighted by Crippen LogP contribution is 2.34. The van der Waals surface area contributed by atoms with Gasteiger partial charge in [-0.25, -0.2) is 13.6 Å². The summed E-state index contributed by atoms with van der Waals surface area (Å²) < 4.78 is 37.5. The summed E-state index contributed by atoms with van der Waals surface area (Å²) in [5.41, 5.74) is 4.91. The smallest absolute Gasteiger partial charge is 0.319 e. The average Bonchev–Trinajstić information content (AvgIpc) is 3.42. The number of benzene rings is 1. The van der Waals surface area contributed by atoms with Gasteiger partial charge in [-0.1, -0.05) is 6.07 Å². The number of halogens is 2. The van der Waals surface area contributed by atoms with E-state index in [4.69, 9.17) is 10.5 Å². The van der Waals surface area contributed by atoms with E-state index in [1.807, 2.05) is 0 Å². The molecule has 2 heterocycles. The molecule has 34 heavy (non-hydrogen) atoms. The zero-order chi connectivity index (χ0) is 24.7. The molecule has 5 N–H and O–H groups in total. The summed E-state index contributed by atoms with van der Waals surface area (Å²) in [6.45, 7) is 4.58. The van der Waals surface area contributed by atoms with Crippen molar-refractivity contribution in [2.24, 2.45) is 5.73 Å². The van der Waals surface area contributed by atoms with E-state index >= 15 is 0 Å². The second-order valence-electron chi connectivity index (χ2n) is 8.11. The van der Waals surface area contributed by atoms with Crippen molar-refractivity contribution in [3.8, 4) is 5.88 Å². The fourth-order valence-electron chi connectivity index (χ4n) is 3.77. The van der Waals surface area contributed by atoms with Gasteiger partial charge in [0.15, 0.2) is 0 Å². The molecule has 186 valence electrons. The molecule has 2 unspecified atom stereocenters. The second kappa shape index (κ2) is 12.0. The maximum Gasteiger partial charge on any atom is 0.319 e. The molecule has 0 spiro atoms. The molecule has 12 heteroatoms. The normalized spacial score (nSPS) is 15.6. The van der Waals surface area contributed by atoms with Crippen LogP contribution < -0.4 is 21.1 Å². The number of amides is 3. The Morgan fingerprint density at radius 2 is 1.94 bits per heavy atom.